The van der Waals surface area contributed by atoms with Crippen LogP contribution in [0.2, 0.25) is 0 Å². The van der Waals surface area contributed by atoms with E-state index in [9.17, 15) is 4.39 Å². The van der Waals surface area contributed by atoms with E-state index in [4.69, 9.17) is 9.15 Å². The van der Waals surface area contributed by atoms with Gasteiger partial charge in [0.2, 0.25) is 0 Å². The van der Waals surface area contributed by atoms with Gasteiger partial charge in [-0.3, -0.25) is 0 Å². The molecule has 1 aliphatic rings. The number of fused-ring (bicyclic) bond motifs is 1. The zero-order valence-electron chi connectivity index (χ0n) is 10.1. The number of hydrogen-bond donors (Lipinski definition) is 1. The van der Waals surface area contributed by atoms with Crippen LogP contribution in [0.5, 0.6) is 5.75 Å². The molecule has 0 unspecified atom stereocenters. The molecule has 4 nitrogen and oxygen atoms in total. The molecule has 2 atom stereocenters. The topological polar surface area (TPSA) is 47.3 Å². The summed E-state index contributed by atoms with van der Waals surface area (Å²) < 4.78 is 24.7. The van der Waals surface area contributed by atoms with Crippen LogP contribution in [-0.4, -0.2) is 30.3 Å². The molecule has 1 N–H and O–H groups in total. The van der Waals surface area contributed by atoms with Crippen molar-refractivity contribution in [2.75, 3.05) is 13.1 Å². The number of oxazole rings is 1. The van der Waals surface area contributed by atoms with E-state index in [0.717, 1.165) is 12.1 Å². The normalized spacial score (nSPS) is 24.3. The number of rotatable bonds is 2. The molecule has 1 aromatic heterocycles. The van der Waals surface area contributed by atoms with E-state index < -0.39 is 6.17 Å². The molecule has 1 saturated heterocycles. The summed E-state index contributed by atoms with van der Waals surface area (Å²) >= 11 is 0. The Kier molecular flexibility index (Phi) is 2.91. The molecule has 2 aromatic rings. The van der Waals surface area contributed by atoms with Gasteiger partial charge in [-0.1, -0.05) is 0 Å². The lowest BCUT2D eigenvalue weighted by Crippen LogP contribution is -2.44. The standard InChI is InChI=1S/C13H15FN2O2/c1-8-16-11-3-2-9(6-13(11)17-8)18-12-4-5-15-7-10(12)14/h2-3,6,10,12,15H,4-5,7H2,1H3/t10-,12+/m0/s1. The molecule has 0 aliphatic carbocycles. The Bertz CT molecular complexity index is 555. The van der Waals surface area contributed by atoms with Crippen molar-refractivity contribution in [1.29, 1.82) is 0 Å². The second kappa shape index (κ2) is 4.57. The fourth-order valence-electron chi connectivity index (χ4n) is 2.20. The SMILES string of the molecule is Cc1nc2ccc(O[C@@H]3CCNC[C@@H]3F)cc2o1. The van der Waals surface area contributed by atoms with Crippen molar-refractivity contribution in [2.45, 2.75) is 25.6 Å². The van der Waals surface area contributed by atoms with Crippen molar-refractivity contribution in [3.05, 3.63) is 24.1 Å². The number of halogens is 1. The third-order valence-corrected chi connectivity index (χ3v) is 3.10. The van der Waals surface area contributed by atoms with Crippen LogP contribution >= 0.6 is 0 Å². The van der Waals surface area contributed by atoms with Crippen molar-refractivity contribution in [3.63, 3.8) is 0 Å². The highest BCUT2D eigenvalue weighted by Crippen LogP contribution is 2.24. The van der Waals surface area contributed by atoms with Gasteiger partial charge >= 0.3 is 0 Å². The Morgan fingerprint density at radius 1 is 1.50 bits per heavy atom. The molecule has 1 aliphatic heterocycles. The predicted octanol–water partition coefficient (Wildman–Crippen LogP) is 2.22. The molecule has 1 fully saturated rings. The molecule has 2 heterocycles. The zero-order valence-corrected chi connectivity index (χ0v) is 10.1. The van der Waals surface area contributed by atoms with E-state index in [0.29, 0.717) is 30.2 Å². The molecular weight excluding hydrogens is 235 g/mol. The van der Waals surface area contributed by atoms with E-state index in [-0.39, 0.29) is 6.10 Å². The maximum atomic E-state index is 13.6. The summed E-state index contributed by atoms with van der Waals surface area (Å²) in [6.45, 7) is 2.94. The van der Waals surface area contributed by atoms with E-state index in [1.165, 1.54) is 0 Å². The zero-order chi connectivity index (χ0) is 12.5. The first-order valence-electron chi connectivity index (χ1n) is 6.11. The number of hydrogen-bond acceptors (Lipinski definition) is 4. The Balaban J connectivity index is 1.81. The first kappa shape index (κ1) is 11.5. The highest BCUT2D eigenvalue weighted by atomic mass is 19.1. The minimum atomic E-state index is -0.967. The summed E-state index contributed by atoms with van der Waals surface area (Å²) in [4.78, 5) is 4.21. The molecular formula is C13H15FN2O2. The van der Waals surface area contributed by atoms with Gasteiger partial charge in [0.15, 0.2) is 11.5 Å². The van der Waals surface area contributed by atoms with Crippen molar-refractivity contribution in [1.82, 2.24) is 10.3 Å². The monoisotopic (exact) mass is 250 g/mol. The largest absolute Gasteiger partial charge is 0.487 e. The number of alkyl halides is 1. The van der Waals surface area contributed by atoms with Crippen LogP contribution in [0.1, 0.15) is 12.3 Å². The number of piperidine rings is 1. The summed E-state index contributed by atoms with van der Waals surface area (Å²) in [5, 5.41) is 3.00. The van der Waals surface area contributed by atoms with Crippen LogP contribution in [0.25, 0.3) is 11.1 Å². The van der Waals surface area contributed by atoms with Crippen LogP contribution in [0, 0.1) is 6.92 Å². The van der Waals surface area contributed by atoms with Gasteiger partial charge in [-0.2, -0.15) is 0 Å². The molecule has 3 rings (SSSR count). The van der Waals surface area contributed by atoms with E-state index in [2.05, 4.69) is 10.3 Å². The summed E-state index contributed by atoms with van der Waals surface area (Å²) in [5.41, 5.74) is 1.47. The second-order valence-corrected chi connectivity index (χ2v) is 4.53. The first-order valence-corrected chi connectivity index (χ1v) is 6.11. The third kappa shape index (κ3) is 2.18. The average Bonchev–Trinajstić information content (AvgIpc) is 2.71. The summed E-state index contributed by atoms with van der Waals surface area (Å²) in [5.74, 6) is 1.25. The lowest BCUT2D eigenvalue weighted by atomic mass is 10.1. The van der Waals surface area contributed by atoms with Gasteiger partial charge < -0.3 is 14.5 Å². The van der Waals surface area contributed by atoms with Crippen molar-refractivity contribution in [2.24, 2.45) is 0 Å². The maximum absolute atomic E-state index is 13.6. The smallest absolute Gasteiger partial charge is 0.192 e. The van der Waals surface area contributed by atoms with E-state index in [1.54, 1.807) is 19.1 Å². The number of ether oxygens (including phenoxy) is 1. The molecule has 96 valence electrons. The van der Waals surface area contributed by atoms with Crippen LogP contribution in [0.15, 0.2) is 22.6 Å². The molecule has 0 bridgehead atoms. The fraction of sp³-hybridized carbons (Fsp3) is 0.462. The number of benzene rings is 1. The highest BCUT2D eigenvalue weighted by Gasteiger charge is 2.26. The van der Waals surface area contributed by atoms with E-state index >= 15 is 0 Å². The Morgan fingerprint density at radius 2 is 2.39 bits per heavy atom. The molecule has 18 heavy (non-hydrogen) atoms. The maximum Gasteiger partial charge on any atom is 0.192 e. The molecule has 0 amide bonds. The van der Waals surface area contributed by atoms with Crippen molar-refractivity contribution >= 4 is 11.1 Å². The van der Waals surface area contributed by atoms with Gasteiger partial charge in [-0.25, -0.2) is 9.37 Å². The number of nitrogens with zero attached hydrogens (tertiary/aromatic N) is 1. The highest BCUT2D eigenvalue weighted by molar-refractivity contribution is 5.74. The van der Waals surface area contributed by atoms with Crippen molar-refractivity contribution < 1.29 is 13.5 Å². The second-order valence-electron chi connectivity index (χ2n) is 4.53. The lowest BCUT2D eigenvalue weighted by molar-refractivity contribution is 0.0732. The van der Waals surface area contributed by atoms with Gasteiger partial charge in [-0.05, 0) is 25.1 Å². The van der Waals surface area contributed by atoms with Gasteiger partial charge in [0.25, 0.3) is 0 Å². The Labute approximate surface area is 104 Å². The molecule has 0 spiro atoms. The minimum Gasteiger partial charge on any atom is -0.487 e. The van der Waals surface area contributed by atoms with Crippen LogP contribution in [0.3, 0.4) is 0 Å². The third-order valence-electron chi connectivity index (χ3n) is 3.10. The van der Waals surface area contributed by atoms with Crippen LogP contribution in [0.4, 0.5) is 4.39 Å². The summed E-state index contributed by atoms with van der Waals surface area (Å²) in [6, 6.07) is 5.40. The molecule has 1 aromatic carbocycles. The van der Waals surface area contributed by atoms with Crippen molar-refractivity contribution in [3.8, 4) is 5.75 Å². The number of aryl methyl sites for hydroxylation is 1. The number of aromatic nitrogens is 1. The average molecular weight is 250 g/mol. The fourth-order valence-corrected chi connectivity index (χ4v) is 2.20. The van der Waals surface area contributed by atoms with Crippen LogP contribution in [-0.2, 0) is 0 Å². The lowest BCUT2D eigenvalue weighted by Gasteiger charge is -2.27. The van der Waals surface area contributed by atoms with Crippen LogP contribution < -0.4 is 10.1 Å². The van der Waals surface area contributed by atoms with E-state index in [1.807, 2.05) is 6.07 Å². The minimum absolute atomic E-state index is 0.355. The first-order chi connectivity index (χ1) is 8.72. The molecule has 0 radical (unpaired) electrons. The predicted molar refractivity (Wildman–Crippen MR) is 65.5 cm³/mol. The summed E-state index contributed by atoms with van der Waals surface area (Å²) in [7, 11) is 0. The quantitative estimate of drug-likeness (QED) is 0.887. The summed E-state index contributed by atoms with van der Waals surface area (Å²) in [6.07, 6.45) is -0.673. The van der Waals surface area contributed by atoms with Gasteiger partial charge in [0.05, 0.1) is 0 Å². The van der Waals surface area contributed by atoms with Gasteiger partial charge in [0.1, 0.15) is 23.5 Å². The van der Waals surface area contributed by atoms with Gasteiger partial charge in [-0.15, -0.1) is 0 Å². The molecule has 0 saturated carbocycles. The molecule has 5 heteroatoms. The Morgan fingerprint density at radius 3 is 3.22 bits per heavy atom. The number of nitrogens with one attached hydrogen (secondary N) is 1. The Hall–Kier alpha value is -1.62. The van der Waals surface area contributed by atoms with Gasteiger partial charge in [0, 0.05) is 19.5 Å².